The third-order valence-electron chi connectivity index (χ3n) is 4.46. The smallest absolute Gasteiger partial charge is 0.118 e. The summed E-state index contributed by atoms with van der Waals surface area (Å²) in [5.74, 6) is 3.84. The molecule has 1 saturated heterocycles. The highest BCUT2D eigenvalue weighted by molar-refractivity contribution is 5.17. The minimum atomic E-state index is 0.659. The number of piperidine rings is 1. The maximum absolute atomic E-state index is 5.98. The van der Waals surface area contributed by atoms with Gasteiger partial charge in [-0.3, -0.25) is 4.90 Å². The summed E-state index contributed by atoms with van der Waals surface area (Å²) >= 11 is 0. The van der Waals surface area contributed by atoms with Crippen molar-refractivity contribution in [3.8, 4) is 0 Å². The summed E-state index contributed by atoms with van der Waals surface area (Å²) in [4.78, 5) is 2.42. The molecular weight excluding hydrogens is 224 g/mol. The van der Waals surface area contributed by atoms with Crippen LogP contribution >= 0.6 is 0 Å². The molecule has 1 aliphatic carbocycles. The SMILES string of the molecule is CC1CC1c1ccc(CN(C)C2CCCNC2)o1. The van der Waals surface area contributed by atoms with Crippen LogP contribution in [0.2, 0.25) is 0 Å². The van der Waals surface area contributed by atoms with Gasteiger partial charge in [0.15, 0.2) is 0 Å². The number of nitrogens with zero attached hydrogens (tertiary/aromatic N) is 1. The van der Waals surface area contributed by atoms with E-state index in [0.29, 0.717) is 12.0 Å². The Morgan fingerprint density at radius 2 is 2.28 bits per heavy atom. The van der Waals surface area contributed by atoms with Crippen LogP contribution < -0.4 is 5.32 Å². The van der Waals surface area contributed by atoms with Crippen molar-refractivity contribution in [2.24, 2.45) is 5.92 Å². The Hall–Kier alpha value is -0.800. The predicted molar refractivity (Wildman–Crippen MR) is 72.6 cm³/mol. The van der Waals surface area contributed by atoms with Gasteiger partial charge >= 0.3 is 0 Å². The van der Waals surface area contributed by atoms with E-state index in [-0.39, 0.29) is 0 Å². The summed E-state index contributed by atoms with van der Waals surface area (Å²) in [5, 5.41) is 3.47. The molecule has 3 heteroatoms. The van der Waals surface area contributed by atoms with Crippen LogP contribution in [0.25, 0.3) is 0 Å². The van der Waals surface area contributed by atoms with Gasteiger partial charge in [-0.15, -0.1) is 0 Å². The second-order valence-electron chi connectivity index (χ2n) is 6.04. The lowest BCUT2D eigenvalue weighted by Crippen LogP contribution is -2.43. The Balaban J connectivity index is 1.56. The van der Waals surface area contributed by atoms with Crippen molar-refractivity contribution < 1.29 is 4.42 Å². The highest BCUT2D eigenvalue weighted by atomic mass is 16.3. The van der Waals surface area contributed by atoms with Gasteiger partial charge in [-0.05, 0) is 50.9 Å². The van der Waals surface area contributed by atoms with Crippen LogP contribution in [0.3, 0.4) is 0 Å². The lowest BCUT2D eigenvalue weighted by molar-refractivity contribution is 0.182. The molecule has 1 aromatic rings. The second-order valence-corrected chi connectivity index (χ2v) is 6.04. The van der Waals surface area contributed by atoms with E-state index in [9.17, 15) is 0 Å². The molecule has 1 saturated carbocycles. The monoisotopic (exact) mass is 248 g/mol. The molecule has 1 aromatic heterocycles. The van der Waals surface area contributed by atoms with Gasteiger partial charge in [0.2, 0.25) is 0 Å². The summed E-state index contributed by atoms with van der Waals surface area (Å²) in [6.07, 6.45) is 3.89. The van der Waals surface area contributed by atoms with Crippen molar-refractivity contribution in [3.05, 3.63) is 23.7 Å². The van der Waals surface area contributed by atoms with Crippen LogP contribution in [0.5, 0.6) is 0 Å². The molecular formula is C15H24N2O. The number of hydrogen-bond donors (Lipinski definition) is 1. The Morgan fingerprint density at radius 1 is 1.44 bits per heavy atom. The summed E-state index contributed by atoms with van der Waals surface area (Å²) < 4.78 is 5.98. The van der Waals surface area contributed by atoms with Crippen molar-refractivity contribution in [3.63, 3.8) is 0 Å². The third-order valence-corrected chi connectivity index (χ3v) is 4.46. The van der Waals surface area contributed by atoms with Gasteiger partial charge in [0, 0.05) is 18.5 Å². The fourth-order valence-electron chi connectivity index (χ4n) is 2.98. The lowest BCUT2D eigenvalue weighted by Gasteiger charge is -2.31. The van der Waals surface area contributed by atoms with E-state index in [2.05, 4.69) is 36.3 Å². The summed E-state index contributed by atoms with van der Waals surface area (Å²) in [7, 11) is 2.21. The molecule has 3 unspecified atom stereocenters. The number of furan rings is 1. The molecule has 2 aliphatic rings. The van der Waals surface area contributed by atoms with Crippen molar-refractivity contribution >= 4 is 0 Å². The molecule has 3 atom stereocenters. The second kappa shape index (κ2) is 5.06. The Bertz CT molecular complexity index is 395. The van der Waals surface area contributed by atoms with Crippen LogP contribution in [0.1, 0.15) is 43.6 Å². The zero-order valence-corrected chi connectivity index (χ0v) is 11.5. The van der Waals surface area contributed by atoms with Crippen molar-refractivity contribution in [1.29, 1.82) is 0 Å². The Morgan fingerprint density at radius 3 is 2.94 bits per heavy atom. The molecule has 2 heterocycles. The van der Waals surface area contributed by atoms with Gasteiger partial charge < -0.3 is 9.73 Å². The molecule has 0 aromatic carbocycles. The van der Waals surface area contributed by atoms with E-state index in [4.69, 9.17) is 4.42 Å². The largest absolute Gasteiger partial charge is 0.464 e. The molecule has 18 heavy (non-hydrogen) atoms. The van der Waals surface area contributed by atoms with Crippen LogP contribution in [-0.4, -0.2) is 31.1 Å². The number of nitrogens with one attached hydrogen (secondary N) is 1. The molecule has 100 valence electrons. The zero-order chi connectivity index (χ0) is 12.5. The first kappa shape index (κ1) is 12.2. The van der Waals surface area contributed by atoms with E-state index in [1.165, 1.54) is 31.6 Å². The van der Waals surface area contributed by atoms with Crippen LogP contribution in [-0.2, 0) is 6.54 Å². The Kier molecular flexibility index (Phi) is 3.44. The lowest BCUT2D eigenvalue weighted by atomic mass is 10.1. The van der Waals surface area contributed by atoms with E-state index in [1.54, 1.807) is 0 Å². The minimum Gasteiger partial charge on any atom is -0.464 e. The predicted octanol–water partition coefficient (Wildman–Crippen LogP) is 2.59. The minimum absolute atomic E-state index is 0.659. The molecule has 1 N–H and O–H groups in total. The van der Waals surface area contributed by atoms with Crippen molar-refractivity contribution in [2.75, 3.05) is 20.1 Å². The molecule has 1 aliphatic heterocycles. The van der Waals surface area contributed by atoms with E-state index in [0.717, 1.165) is 24.8 Å². The standard InChI is InChI=1S/C15H24N2O/c1-11-8-14(11)15-6-5-13(18-15)10-17(2)12-4-3-7-16-9-12/h5-6,11-12,14,16H,3-4,7-10H2,1-2H3. The summed E-state index contributed by atoms with van der Waals surface area (Å²) in [5.41, 5.74) is 0. The third kappa shape index (κ3) is 2.62. The van der Waals surface area contributed by atoms with Gasteiger partial charge in [-0.2, -0.15) is 0 Å². The molecule has 0 amide bonds. The van der Waals surface area contributed by atoms with Crippen molar-refractivity contribution in [1.82, 2.24) is 10.2 Å². The van der Waals surface area contributed by atoms with Crippen LogP contribution in [0.4, 0.5) is 0 Å². The van der Waals surface area contributed by atoms with Gasteiger partial charge in [0.05, 0.1) is 6.54 Å². The number of likely N-dealkylation sites (N-methyl/N-ethyl adjacent to an activating group) is 1. The number of rotatable bonds is 4. The van der Waals surface area contributed by atoms with Gasteiger partial charge in [0.1, 0.15) is 11.5 Å². The van der Waals surface area contributed by atoms with Crippen molar-refractivity contribution in [2.45, 2.75) is 44.7 Å². The normalized spacial score (nSPS) is 31.8. The first-order valence-electron chi connectivity index (χ1n) is 7.23. The first-order chi connectivity index (χ1) is 8.74. The molecule has 0 radical (unpaired) electrons. The quantitative estimate of drug-likeness (QED) is 0.888. The molecule has 0 bridgehead atoms. The Labute approximate surface area is 110 Å². The summed E-state index contributed by atoms with van der Waals surface area (Å²) in [6, 6.07) is 5.00. The fourth-order valence-corrected chi connectivity index (χ4v) is 2.98. The molecule has 3 rings (SSSR count). The fraction of sp³-hybridized carbons (Fsp3) is 0.733. The highest BCUT2D eigenvalue weighted by Crippen LogP contribution is 2.47. The van der Waals surface area contributed by atoms with Crippen LogP contribution in [0.15, 0.2) is 16.5 Å². The number of hydrogen-bond acceptors (Lipinski definition) is 3. The van der Waals surface area contributed by atoms with Gasteiger partial charge in [-0.25, -0.2) is 0 Å². The summed E-state index contributed by atoms with van der Waals surface area (Å²) in [6.45, 7) is 5.53. The molecule has 2 fully saturated rings. The maximum Gasteiger partial charge on any atom is 0.118 e. The van der Waals surface area contributed by atoms with E-state index >= 15 is 0 Å². The molecule has 0 spiro atoms. The average molecular weight is 248 g/mol. The average Bonchev–Trinajstić information content (AvgIpc) is 2.94. The van der Waals surface area contributed by atoms with Gasteiger partial charge in [0.25, 0.3) is 0 Å². The highest BCUT2D eigenvalue weighted by Gasteiger charge is 2.36. The first-order valence-corrected chi connectivity index (χ1v) is 7.23. The van der Waals surface area contributed by atoms with Gasteiger partial charge in [-0.1, -0.05) is 6.92 Å². The van der Waals surface area contributed by atoms with E-state index < -0.39 is 0 Å². The zero-order valence-electron chi connectivity index (χ0n) is 11.5. The van der Waals surface area contributed by atoms with E-state index in [1.807, 2.05) is 0 Å². The topological polar surface area (TPSA) is 28.4 Å². The molecule has 3 nitrogen and oxygen atoms in total. The van der Waals surface area contributed by atoms with Crippen LogP contribution in [0, 0.1) is 5.92 Å². The maximum atomic E-state index is 5.98.